The van der Waals surface area contributed by atoms with Crippen LogP contribution in [0.15, 0.2) is 48.5 Å². The molecule has 0 bridgehead atoms. The molecule has 1 N–H and O–H groups in total. The lowest BCUT2D eigenvalue weighted by atomic mass is 10.1. The molecule has 1 aromatic heterocycles. The number of hydrogen-bond acceptors (Lipinski definition) is 2. The Morgan fingerprint density at radius 1 is 1.10 bits per heavy atom. The summed E-state index contributed by atoms with van der Waals surface area (Å²) in [5.41, 5.74) is 1.52. The lowest BCUT2D eigenvalue weighted by molar-refractivity contribution is 0.626. The van der Waals surface area contributed by atoms with Crippen LogP contribution in [-0.4, -0.2) is 0 Å². The predicted molar refractivity (Wildman–Crippen MR) is 85.0 cm³/mol. The van der Waals surface area contributed by atoms with E-state index in [1.54, 1.807) is 17.4 Å². The van der Waals surface area contributed by atoms with Crippen LogP contribution in [0.25, 0.3) is 10.1 Å². The van der Waals surface area contributed by atoms with Gasteiger partial charge in [0.25, 0.3) is 0 Å². The van der Waals surface area contributed by atoms with Crippen molar-refractivity contribution in [3.05, 3.63) is 64.8 Å². The van der Waals surface area contributed by atoms with Crippen molar-refractivity contribution in [3.63, 3.8) is 0 Å². The number of para-hydroxylation sites is 1. The van der Waals surface area contributed by atoms with E-state index in [2.05, 4.69) is 30.4 Å². The molecule has 0 amide bonds. The third kappa shape index (κ3) is 2.41. The van der Waals surface area contributed by atoms with Gasteiger partial charge in [-0.2, -0.15) is 0 Å². The molecular weight excluding hydrogens is 269 g/mol. The summed E-state index contributed by atoms with van der Waals surface area (Å²) in [5.74, 6) is -0.196. The van der Waals surface area contributed by atoms with Crippen molar-refractivity contribution < 1.29 is 4.39 Å². The van der Waals surface area contributed by atoms with Gasteiger partial charge < -0.3 is 5.32 Å². The molecule has 1 atom stereocenters. The SMILES string of the molecule is Cc1cccc(F)c1NC(C)c1cc2ccccc2s1. The van der Waals surface area contributed by atoms with Crippen LogP contribution in [0.4, 0.5) is 10.1 Å². The van der Waals surface area contributed by atoms with Crippen LogP contribution in [0.3, 0.4) is 0 Å². The summed E-state index contributed by atoms with van der Waals surface area (Å²) in [4.78, 5) is 1.22. The minimum atomic E-state index is -0.196. The number of nitrogens with one attached hydrogen (secondary N) is 1. The summed E-state index contributed by atoms with van der Waals surface area (Å²) in [6, 6.07) is 15.7. The molecule has 20 heavy (non-hydrogen) atoms. The van der Waals surface area contributed by atoms with Gasteiger partial charge in [0.15, 0.2) is 0 Å². The molecule has 1 unspecified atom stereocenters. The fraction of sp³-hybridized carbons (Fsp3) is 0.176. The Bertz CT molecular complexity index is 694. The van der Waals surface area contributed by atoms with E-state index in [1.807, 2.05) is 25.1 Å². The Labute approximate surface area is 122 Å². The molecule has 0 spiro atoms. The zero-order chi connectivity index (χ0) is 14.1. The monoisotopic (exact) mass is 285 g/mol. The van der Waals surface area contributed by atoms with Gasteiger partial charge in [-0.15, -0.1) is 11.3 Å². The van der Waals surface area contributed by atoms with Gasteiger partial charge in [0.1, 0.15) is 5.82 Å². The predicted octanol–water partition coefficient (Wildman–Crippen LogP) is 5.52. The molecule has 0 saturated carbocycles. The molecule has 1 nitrogen and oxygen atoms in total. The van der Waals surface area contributed by atoms with Crippen LogP contribution in [-0.2, 0) is 0 Å². The summed E-state index contributed by atoms with van der Waals surface area (Å²) < 4.78 is 15.1. The number of fused-ring (bicyclic) bond motifs is 1. The van der Waals surface area contributed by atoms with E-state index in [0.717, 1.165) is 5.56 Å². The maximum absolute atomic E-state index is 13.9. The van der Waals surface area contributed by atoms with Crippen molar-refractivity contribution in [2.75, 3.05) is 5.32 Å². The van der Waals surface area contributed by atoms with E-state index < -0.39 is 0 Å². The molecule has 0 saturated heterocycles. The van der Waals surface area contributed by atoms with Crippen LogP contribution in [0, 0.1) is 12.7 Å². The zero-order valence-electron chi connectivity index (χ0n) is 11.5. The summed E-state index contributed by atoms with van der Waals surface area (Å²) >= 11 is 1.75. The molecule has 3 rings (SSSR count). The number of halogens is 1. The lowest BCUT2D eigenvalue weighted by Crippen LogP contribution is -2.07. The second kappa shape index (κ2) is 5.25. The quantitative estimate of drug-likeness (QED) is 0.668. The highest BCUT2D eigenvalue weighted by Gasteiger charge is 2.12. The van der Waals surface area contributed by atoms with Crippen LogP contribution >= 0.6 is 11.3 Å². The summed E-state index contributed by atoms with van der Waals surface area (Å²) in [6.45, 7) is 3.99. The number of aryl methyl sites for hydroxylation is 1. The maximum Gasteiger partial charge on any atom is 0.146 e. The zero-order valence-corrected chi connectivity index (χ0v) is 12.3. The number of thiophene rings is 1. The fourth-order valence-corrected chi connectivity index (χ4v) is 3.39. The van der Waals surface area contributed by atoms with Crippen molar-refractivity contribution in [2.24, 2.45) is 0 Å². The number of hydrogen-bond donors (Lipinski definition) is 1. The Kier molecular flexibility index (Phi) is 3.45. The van der Waals surface area contributed by atoms with Crippen molar-refractivity contribution in [3.8, 4) is 0 Å². The highest BCUT2D eigenvalue weighted by Crippen LogP contribution is 2.32. The molecular formula is C17H16FNS. The van der Waals surface area contributed by atoms with E-state index >= 15 is 0 Å². The molecule has 0 aliphatic rings. The molecule has 2 aromatic carbocycles. The van der Waals surface area contributed by atoms with Gasteiger partial charge in [-0.25, -0.2) is 4.39 Å². The highest BCUT2D eigenvalue weighted by molar-refractivity contribution is 7.19. The first-order valence-electron chi connectivity index (χ1n) is 6.65. The standard InChI is InChI=1S/C17H16FNS/c1-11-6-5-8-14(18)17(11)19-12(2)16-10-13-7-3-4-9-15(13)20-16/h3-10,12,19H,1-2H3. The van der Waals surface area contributed by atoms with Gasteiger partial charge in [-0.05, 0) is 43.0 Å². The van der Waals surface area contributed by atoms with Crippen LogP contribution < -0.4 is 5.32 Å². The molecule has 0 aliphatic heterocycles. The minimum Gasteiger partial charge on any atom is -0.375 e. The van der Waals surface area contributed by atoms with E-state index in [1.165, 1.54) is 21.0 Å². The largest absolute Gasteiger partial charge is 0.375 e. The molecule has 0 aliphatic carbocycles. The Morgan fingerprint density at radius 2 is 1.90 bits per heavy atom. The summed E-state index contributed by atoms with van der Waals surface area (Å²) in [5, 5.41) is 4.53. The Balaban J connectivity index is 1.91. The Hall–Kier alpha value is -1.87. The van der Waals surface area contributed by atoms with Gasteiger partial charge in [-0.1, -0.05) is 30.3 Å². The maximum atomic E-state index is 13.9. The van der Waals surface area contributed by atoms with Crippen molar-refractivity contribution >= 4 is 27.1 Å². The van der Waals surface area contributed by atoms with Crippen LogP contribution in [0.5, 0.6) is 0 Å². The van der Waals surface area contributed by atoms with Gasteiger partial charge in [0.2, 0.25) is 0 Å². The minimum absolute atomic E-state index is 0.0861. The topological polar surface area (TPSA) is 12.0 Å². The summed E-state index contributed by atoms with van der Waals surface area (Å²) in [6.07, 6.45) is 0. The second-order valence-electron chi connectivity index (χ2n) is 4.98. The van der Waals surface area contributed by atoms with E-state index in [9.17, 15) is 4.39 Å². The van der Waals surface area contributed by atoms with E-state index in [4.69, 9.17) is 0 Å². The first-order chi connectivity index (χ1) is 9.65. The van der Waals surface area contributed by atoms with Gasteiger partial charge in [0.05, 0.1) is 11.7 Å². The van der Waals surface area contributed by atoms with Crippen LogP contribution in [0.1, 0.15) is 23.4 Å². The molecule has 102 valence electrons. The number of anilines is 1. The lowest BCUT2D eigenvalue weighted by Gasteiger charge is -2.16. The highest BCUT2D eigenvalue weighted by atomic mass is 32.1. The molecule has 3 aromatic rings. The van der Waals surface area contributed by atoms with Gasteiger partial charge in [-0.3, -0.25) is 0 Å². The van der Waals surface area contributed by atoms with Crippen LogP contribution in [0.2, 0.25) is 0 Å². The first kappa shape index (κ1) is 13.1. The number of benzene rings is 2. The van der Waals surface area contributed by atoms with Gasteiger partial charge in [0, 0.05) is 9.58 Å². The number of rotatable bonds is 3. The molecule has 3 heteroatoms. The normalized spacial score (nSPS) is 12.6. The van der Waals surface area contributed by atoms with Gasteiger partial charge >= 0.3 is 0 Å². The third-order valence-electron chi connectivity index (χ3n) is 3.45. The fourth-order valence-electron chi connectivity index (χ4n) is 2.32. The second-order valence-corrected chi connectivity index (χ2v) is 6.10. The molecule has 0 fully saturated rings. The average molecular weight is 285 g/mol. The van der Waals surface area contributed by atoms with E-state index in [-0.39, 0.29) is 11.9 Å². The van der Waals surface area contributed by atoms with Crippen molar-refractivity contribution in [1.82, 2.24) is 0 Å². The smallest absolute Gasteiger partial charge is 0.146 e. The molecule has 0 radical (unpaired) electrons. The third-order valence-corrected chi connectivity index (χ3v) is 4.75. The first-order valence-corrected chi connectivity index (χ1v) is 7.47. The van der Waals surface area contributed by atoms with E-state index in [0.29, 0.717) is 5.69 Å². The van der Waals surface area contributed by atoms with Crippen molar-refractivity contribution in [2.45, 2.75) is 19.9 Å². The van der Waals surface area contributed by atoms with Crippen molar-refractivity contribution in [1.29, 1.82) is 0 Å². The molecule has 1 heterocycles. The Morgan fingerprint density at radius 3 is 2.65 bits per heavy atom. The average Bonchev–Trinajstić information content (AvgIpc) is 2.87. The summed E-state index contributed by atoms with van der Waals surface area (Å²) in [7, 11) is 0.